The lowest BCUT2D eigenvalue weighted by molar-refractivity contribution is 0.110. The first-order chi connectivity index (χ1) is 6.45. The molecule has 0 aromatic carbocycles. The van der Waals surface area contributed by atoms with Crippen LogP contribution in [0.5, 0.6) is 0 Å². The Morgan fingerprint density at radius 2 is 2.62 bits per heavy atom. The highest BCUT2D eigenvalue weighted by Crippen LogP contribution is 2.10. The average molecular weight is 183 g/mol. The Labute approximate surface area is 76.1 Å². The summed E-state index contributed by atoms with van der Waals surface area (Å²) < 4.78 is 5.45. The third-order valence-corrected chi connectivity index (χ3v) is 2.07. The molecule has 0 spiro atoms. The molecule has 1 fully saturated rings. The summed E-state index contributed by atoms with van der Waals surface area (Å²) in [7, 11) is 0. The number of nitrogens with one attached hydrogen (secondary N) is 2. The molecular weight excluding hydrogens is 170 g/mol. The van der Waals surface area contributed by atoms with Gasteiger partial charge in [-0.3, -0.25) is 0 Å². The van der Waals surface area contributed by atoms with Crippen LogP contribution in [0.2, 0.25) is 0 Å². The van der Waals surface area contributed by atoms with Crippen molar-refractivity contribution in [1.29, 1.82) is 0 Å². The number of hydrogen-bond acceptors (Lipinski definition) is 5. The number of nitrogens with zero attached hydrogens (tertiary/aromatic N) is 3. The third-order valence-electron chi connectivity index (χ3n) is 2.07. The highest BCUT2D eigenvalue weighted by atomic mass is 16.5. The van der Waals surface area contributed by atoms with Crippen molar-refractivity contribution in [2.45, 2.75) is 25.5 Å². The summed E-state index contributed by atoms with van der Waals surface area (Å²) in [5, 5.41) is 16.8. The molecule has 2 N–H and O–H groups in total. The Bertz CT molecular complexity index is 231. The molecule has 1 aliphatic rings. The number of ether oxygens (including phenoxy) is 1. The molecule has 1 saturated heterocycles. The fraction of sp³-hybridized carbons (Fsp3) is 0.857. The molecule has 0 bridgehead atoms. The Morgan fingerprint density at radius 3 is 3.31 bits per heavy atom. The van der Waals surface area contributed by atoms with Gasteiger partial charge in [0.2, 0.25) is 0 Å². The van der Waals surface area contributed by atoms with E-state index in [4.69, 9.17) is 4.74 Å². The Morgan fingerprint density at radius 1 is 1.62 bits per heavy atom. The minimum Gasteiger partial charge on any atom is -0.377 e. The van der Waals surface area contributed by atoms with Crippen LogP contribution in [0.3, 0.4) is 0 Å². The lowest BCUT2D eigenvalue weighted by Gasteiger charge is -2.08. The highest BCUT2D eigenvalue weighted by molar-refractivity contribution is 4.76. The van der Waals surface area contributed by atoms with E-state index < -0.39 is 0 Å². The summed E-state index contributed by atoms with van der Waals surface area (Å²) in [6.45, 7) is 2.42. The summed E-state index contributed by atoms with van der Waals surface area (Å²) in [5.41, 5.74) is 0. The van der Waals surface area contributed by atoms with Gasteiger partial charge < -0.3 is 10.1 Å². The molecule has 6 heteroatoms. The zero-order valence-corrected chi connectivity index (χ0v) is 7.36. The van der Waals surface area contributed by atoms with Crippen molar-refractivity contribution in [3.05, 3.63) is 5.82 Å². The van der Waals surface area contributed by atoms with Crippen LogP contribution in [0, 0.1) is 0 Å². The van der Waals surface area contributed by atoms with E-state index in [1.54, 1.807) is 0 Å². The van der Waals surface area contributed by atoms with Gasteiger partial charge in [0.15, 0.2) is 5.82 Å². The summed E-state index contributed by atoms with van der Waals surface area (Å²) in [5.74, 6) is 0.693. The van der Waals surface area contributed by atoms with E-state index in [-0.39, 0.29) is 0 Å². The van der Waals surface area contributed by atoms with Crippen molar-refractivity contribution in [3.63, 3.8) is 0 Å². The van der Waals surface area contributed by atoms with Crippen LogP contribution >= 0.6 is 0 Å². The summed E-state index contributed by atoms with van der Waals surface area (Å²) in [4.78, 5) is 0. The van der Waals surface area contributed by atoms with Gasteiger partial charge in [-0.1, -0.05) is 5.21 Å². The van der Waals surface area contributed by atoms with E-state index in [1.807, 2.05) is 0 Å². The van der Waals surface area contributed by atoms with Gasteiger partial charge in [-0.15, -0.1) is 10.2 Å². The summed E-state index contributed by atoms with van der Waals surface area (Å²) in [6, 6.07) is 0. The molecule has 0 amide bonds. The maximum atomic E-state index is 5.45. The minimum absolute atomic E-state index is 0.368. The molecule has 0 aliphatic carbocycles. The van der Waals surface area contributed by atoms with E-state index >= 15 is 0 Å². The Hall–Kier alpha value is -1.01. The van der Waals surface area contributed by atoms with Crippen molar-refractivity contribution in [2.75, 3.05) is 13.2 Å². The molecule has 13 heavy (non-hydrogen) atoms. The van der Waals surface area contributed by atoms with Crippen LogP contribution in [0.4, 0.5) is 0 Å². The fourth-order valence-electron chi connectivity index (χ4n) is 1.41. The van der Waals surface area contributed by atoms with Crippen LogP contribution in [0.1, 0.15) is 18.7 Å². The molecule has 1 aliphatic heterocycles. The molecule has 72 valence electrons. The topological polar surface area (TPSA) is 75.7 Å². The van der Waals surface area contributed by atoms with E-state index in [0.717, 1.165) is 19.6 Å². The van der Waals surface area contributed by atoms with Crippen LogP contribution in [-0.4, -0.2) is 39.9 Å². The second-order valence-electron chi connectivity index (χ2n) is 3.09. The van der Waals surface area contributed by atoms with Gasteiger partial charge in [0, 0.05) is 13.2 Å². The Kier molecular flexibility index (Phi) is 2.83. The number of H-pyrrole nitrogens is 1. The predicted molar refractivity (Wildman–Crippen MR) is 44.9 cm³/mol. The third kappa shape index (κ3) is 2.46. The zero-order chi connectivity index (χ0) is 8.93. The first kappa shape index (κ1) is 8.58. The van der Waals surface area contributed by atoms with Gasteiger partial charge in [0.25, 0.3) is 0 Å². The fourth-order valence-corrected chi connectivity index (χ4v) is 1.41. The van der Waals surface area contributed by atoms with Crippen LogP contribution in [-0.2, 0) is 11.3 Å². The summed E-state index contributed by atoms with van der Waals surface area (Å²) in [6.07, 6.45) is 2.69. The van der Waals surface area contributed by atoms with Gasteiger partial charge in [0.1, 0.15) is 0 Å². The number of aromatic amines is 1. The number of aromatic nitrogens is 4. The maximum absolute atomic E-state index is 5.45. The van der Waals surface area contributed by atoms with Crippen LogP contribution in [0.15, 0.2) is 0 Å². The van der Waals surface area contributed by atoms with Crippen molar-refractivity contribution >= 4 is 0 Å². The Balaban J connectivity index is 1.63. The molecule has 1 aromatic rings. The van der Waals surface area contributed by atoms with Crippen molar-refractivity contribution in [1.82, 2.24) is 25.9 Å². The van der Waals surface area contributed by atoms with Gasteiger partial charge in [-0.05, 0) is 12.8 Å². The standard InChI is InChI=1S/C7H13N5O/c1-2-6(13-3-1)4-8-5-7-9-11-12-10-7/h6,8H,1-5H2,(H,9,10,11,12). The van der Waals surface area contributed by atoms with Crippen molar-refractivity contribution < 1.29 is 4.74 Å². The minimum atomic E-state index is 0.368. The molecule has 1 aromatic heterocycles. The van der Waals surface area contributed by atoms with E-state index in [2.05, 4.69) is 25.9 Å². The molecule has 1 atom stereocenters. The largest absolute Gasteiger partial charge is 0.377 e. The van der Waals surface area contributed by atoms with E-state index in [1.165, 1.54) is 6.42 Å². The van der Waals surface area contributed by atoms with Gasteiger partial charge in [0.05, 0.1) is 12.6 Å². The first-order valence-corrected chi connectivity index (χ1v) is 4.50. The maximum Gasteiger partial charge on any atom is 0.188 e. The number of tetrazole rings is 1. The van der Waals surface area contributed by atoms with E-state index in [0.29, 0.717) is 18.5 Å². The lowest BCUT2D eigenvalue weighted by atomic mass is 10.2. The second-order valence-corrected chi connectivity index (χ2v) is 3.09. The second kappa shape index (κ2) is 4.29. The van der Waals surface area contributed by atoms with Crippen LogP contribution in [0.25, 0.3) is 0 Å². The molecule has 2 rings (SSSR count). The van der Waals surface area contributed by atoms with Crippen molar-refractivity contribution in [2.24, 2.45) is 0 Å². The molecule has 1 unspecified atom stereocenters. The SMILES string of the molecule is C1COC(CNCc2nn[nH]n2)C1. The van der Waals surface area contributed by atoms with Gasteiger partial charge in [-0.25, -0.2) is 0 Å². The smallest absolute Gasteiger partial charge is 0.188 e. The first-order valence-electron chi connectivity index (χ1n) is 4.50. The van der Waals surface area contributed by atoms with Gasteiger partial charge >= 0.3 is 0 Å². The number of hydrogen-bond donors (Lipinski definition) is 2. The molecule has 2 heterocycles. The van der Waals surface area contributed by atoms with Gasteiger partial charge in [-0.2, -0.15) is 5.21 Å². The van der Waals surface area contributed by atoms with E-state index in [9.17, 15) is 0 Å². The average Bonchev–Trinajstić information content (AvgIpc) is 2.75. The monoisotopic (exact) mass is 183 g/mol. The van der Waals surface area contributed by atoms with Crippen LogP contribution < -0.4 is 5.32 Å². The molecule has 0 radical (unpaired) electrons. The highest BCUT2D eigenvalue weighted by Gasteiger charge is 2.14. The normalized spacial score (nSPS) is 22.3. The summed E-state index contributed by atoms with van der Waals surface area (Å²) >= 11 is 0. The predicted octanol–water partition coefficient (Wildman–Crippen LogP) is -0.532. The molecular formula is C7H13N5O. The van der Waals surface area contributed by atoms with Crippen molar-refractivity contribution in [3.8, 4) is 0 Å². The molecule has 0 saturated carbocycles. The zero-order valence-electron chi connectivity index (χ0n) is 7.36. The lowest BCUT2D eigenvalue weighted by Crippen LogP contribution is -2.26. The number of rotatable bonds is 4. The quantitative estimate of drug-likeness (QED) is 0.656. The molecule has 6 nitrogen and oxygen atoms in total.